The fraction of sp³-hybridized carbons (Fsp3) is 0.688. The van der Waals surface area contributed by atoms with Gasteiger partial charge in [-0.05, 0) is 0 Å². The second-order valence-electron chi connectivity index (χ2n) is 14.8. The van der Waals surface area contributed by atoms with E-state index in [1.54, 1.807) is 21.9 Å². The molecule has 2 rings (SSSR count). The fourth-order valence-corrected chi connectivity index (χ4v) is 41.1. The van der Waals surface area contributed by atoms with Gasteiger partial charge in [-0.25, -0.2) is 0 Å². The molecule has 1 aromatic rings. The first-order chi connectivity index (χ1) is 16.7. The van der Waals surface area contributed by atoms with Gasteiger partial charge >= 0.3 is 249 Å². The van der Waals surface area contributed by atoms with Gasteiger partial charge in [0, 0.05) is 0 Å². The van der Waals surface area contributed by atoms with Crippen LogP contribution in [0.4, 0.5) is 0 Å². The van der Waals surface area contributed by atoms with E-state index in [1.807, 2.05) is 7.11 Å². The van der Waals surface area contributed by atoms with Gasteiger partial charge in [0.05, 0.1) is 0 Å². The number of hydrogen-bond donors (Lipinski definition) is 0. The molecule has 0 N–H and O–H groups in total. The zero-order valence-electron chi connectivity index (χ0n) is 27.2. The predicted octanol–water partition coefficient (Wildman–Crippen LogP) is 10.2. The van der Waals surface area contributed by atoms with Crippen molar-refractivity contribution in [3.63, 3.8) is 0 Å². The van der Waals surface area contributed by atoms with Crippen molar-refractivity contribution >= 4 is 29.4 Å². The van der Waals surface area contributed by atoms with Crippen molar-refractivity contribution in [1.29, 1.82) is 0 Å². The summed E-state index contributed by atoms with van der Waals surface area (Å²) >= 11 is -0.866. The molecule has 0 aromatic heterocycles. The number of rotatable bonds is 10. The summed E-state index contributed by atoms with van der Waals surface area (Å²) in [5, 5.41) is 1.61. The number of methoxy groups -OCH3 is 1. The van der Waals surface area contributed by atoms with Crippen LogP contribution in [0.15, 0.2) is 34.9 Å². The van der Waals surface area contributed by atoms with Gasteiger partial charge in [0.1, 0.15) is 0 Å². The van der Waals surface area contributed by atoms with Crippen molar-refractivity contribution < 1.29 is 35.9 Å². The van der Waals surface area contributed by atoms with Crippen LogP contribution < -0.4 is 9.92 Å². The van der Waals surface area contributed by atoms with Crippen molar-refractivity contribution in [2.75, 3.05) is 7.11 Å². The minimum atomic E-state index is -2.13. The Morgan fingerprint density at radius 1 is 0.838 bits per heavy atom. The number of allylic oxidation sites excluding steroid dienone is 4. The predicted molar refractivity (Wildman–Crippen MR) is 174 cm³/mol. The molecule has 1 aromatic carbocycles. The summed E-state index contributed by atoms with van der Waals surface area (Å²) in [6.07, 6.45) is 2.61. The molecule has 1 aliphatic rings. The van der Waals surface area contributed by atoms with Gasteiger partial charge in [0.2, 0.25) is 0 Å². The third-order valence-electron chi connectivity index (χ3n) is 7.60. The van der Waals surface area contributed by atoms with E-state index in [9.17, 15) is 0 Å². The standard InChI is InChI=1S/C24H37OSi.2C4H11Si.Lu/c1-11-26(12-2,23-18(5)15-17(4)19(23)6)21-14-16(3)13-20(22(21)25-10)24(7,8)9;2*1-5(2,3)4;/h13-15H,11-12H2,1-10H3;2*1H2,2-4H3;. The van der Waals surface area contributed by atoms with E-state index < -0.39 is 55.3 Å². The van der Waals surface area contributed by atoms with E-state index in [1.165, 1.54) is 33.5 Å². The van der Waals surface area contributed by atoms with Crippen LogP contribution >= 0.6 is 0 Å². The molecule has 1 unspecified atom stereocenters. The molecule has 0 radical (unpaired) electrons. The van der Waals surface area contributed by atoms with E-state index >= 15 is 0 Å². The summed E-state index contributed by atoms with van der Waals surface area (Å²) in [5.74, 6) is 1.21. The molecule has 0 bridgehead atoms. The van der Waals surface area contributed by atoms with Crippen LogP contribution in [0.5, 0.6) is 5.75 Å². The Bertz CT molecular complexity index is 1030. The van der Waals surface area contributed by atoms with Crippen LogP contribution in [0.2, 0.25) is 57.2 Å². The van der Waals surface area contributed by atoms with Gasteiger partial charge in [-0.2, -0.15) is 0 Å². The summed E-state index contributed by atoms with van der Waals surface area (Å²) in [4.78, 5) is 0. The number of hydrogen-bond acceptors (Lipinski definition) is 1. The maximum absolute atomic E-state index is 6.48. The second kappa shape index (κ2) is 11.7. The van der Waals surface area contributed by atoms with Crippen molar-refractivity contribution in [2.45, 2.75) is 125 Å². The Labute approximate surface area is 247 Å². The van der Waals surface area contributed by atoms with Crippen LogP contribution in [0, 0.1) is 38.0 Å². The summed E-state index contributed by atoms with van der Waals surface area (Å²) in [6, 6.07) is 7.53. The number of benzene rings is 1. The monoisotopic (exact) mass is 718 g/mol. The zero-order chi connectivity index (χ0) is 28.8. The van der Waals surface area contributed by atoms with Crippen molar-refractivity contribution in [1.82, 2.24) is 0 Å². The Morgan fingerprint density at radius 3 is 1.65 bits per heavy atom. The topological polar surface area (TPSA) is 9.23 Å². The summed E-state index contributed by atoms with van der Waals surface area (Å²) < 4.78 is 9.77. The quantitative estimate of drug-likeness (QED) is 0.219. The van der Waals surface area contributed by atoms with Gasteiger partial charge in [-0.1, -0.05) is 0 Å². The van der Waals surface area contributed by atoms with E-state index in [4.69, 9.17) is 4.74 Å². The molecule has 0 aliphatic heterocycles. The van der Waals surface area contributed by atoms with Crippen molar-refractivity contribution in [2.24, 2.45) is 0 Å². The van der Waals surface area contributed by atoms with Gasteiger partial charge in [-0.15, -0.1) is 0 Å². The van der Waals surface area contributed by atoms with E-state index in [0.717, 1.165) is 0 Å². The van der Waals surface area contributed by atoms with E-state index in [-0.39, 0.29) is 6.67 Å². The molecule has 1 atom stereocenters. The Balaban J connectivity index is 3.17. The Hall–Kier alpha value is 0.384. The fourth-order valence-electron chi connectivity index (χ4n) is 6.24. The van der Waals surface area contributed by atoms with Crippen LogP contribution in [0.25, 0.3) is 0 Å². The first-order valence-corrected chi connectivity index (χ1v) is 27.2. The molecule has 0 fully saturated rings. The normalized spacial score (nSPS) is 19.9. The van der Waals surface area contributed by atoms with Gasteiger partial charge < -0.3 is 0 Å². The van der Waals surface area contributed by atoms with Crippen molar-refractivity contribution in [3.8, 4) is 5.75 Å². The van der Waals surface area contributed by atoms with E-state index in [2.05, 4.69) is 120 Å². The van der Waals surface area contributed by atoms with E-state index in [0.29, 0.717) is 0 Å². The molecule has 1 nitrogen and oxygen atoms in total. The molecule has 0 saturated heterocycles. The third-order valence-corrected chi connectivity index (χ3v) is 36.5. The first-order valence-electron chi connectivity index (χ1n) is 14.2. The molecule has 1 aliphatic carbocycles. The number of ether oxygens (including phenoxy) is 1. The molecular weight excluding hydrogens is 660 g/mol. The van der Waals surface area contributed by atoms with Gasteiger partial charge in [0.15, 0.2) is 0 Å². The van der Waals surface area contributed by atoms with Crippen LogP contribution in [0.3, 0.4) is 0 Å². The minimum absolute atomic E-state index is 0.0491. The zero-order valence-corrected chi connectivity index (χ0v) is 31.9. The van der Waals surface area contributed by atoms with Crippen LogP contribution in [-0.2, 0) is 5.41 Å². The SMILES string of the molecule is CC[Si](CC)(c1cc(C)cc(C(C)(C)C)c1OC)[C]1([Lu]([CH2][Si](C)(C)C)[CH2][Si](C)(C)C)C(C)=CC(C)=C1C. The third kappa shape index (κ3) is 6.49. The summed E-state index contributed by atoms with van der Waals surface area (Å²) in [6.45, 7) is 37.7. The van der Waals surface area contributed by atoms with Gasteiger partial charge in [-0.3, -0.25) is 0 Å². The van der Waals surface area contributed by atoms with Crippen LogP contribution in [-0.4, -0.2) is 31.3 Å². The molecule has 0 spiro atoms. The second-order valence-corrected chi connectivity index (χ2v) is 37.7. The molecule has 5 heteroatoms. The molecule has 37 heavy (non-hydrogen) atoms. The van der Waals surface area contributed by atoms with Gasteiger partial charge in [0.25, 0.3) is 0 Å². The molecule has 0 amide bonds. The summed E-state index contributed by atoms with van der Waals surface area (Å²) in [5.41, 5.74) is 7.83. The average molecular weight is 719 g/mol. The maximum atomic E-state index is 6.48. The number of aryl methyl sites for hydroxylation is 1. The molecule has 0 saturated carbocycles. The Morgan fingerprint density at radius 2 is 1.32 bits per heavy atom. The van der Waals surface area contributed by atoms with Crippen molar-refractivity contribution in [3.05, 3.63) is 46.1 Å². The molecule has 220 valence electrons. The van der Waals surface area contributed by atoms with Crippen LogP contribution in [0.1, 0.15) is 66.5 Å². The molecule has 0 heterocycles. The molecular formula is C32H59LuOSi3. The average Bonchev–Trinajstić information content (AvgIpc) is 2.95. The Kier molecular flexibility index (Phi) is 10.6. The first kappa shape index (κ1) is 33.6. The summed E-state index contributed by atoms with van der Waals surface area (Å²) in [7, 11) is -2.76.